The van der Waals surface area contributed by atoms with Gasteiger partial charge in [0.25, 0.3) is 5.91 Å². The van der Waals surface area contributed by atoms with Gasteiger partial charge in [0.15, 0.2) is 0 Å². The predicted octanol–water partition coefficient (Wildman–Crippen LogP) is 4.45. The summed E-state index contributed by atoms with van der Waals surface area (Å²) in [5.41, 5.74) is 4.24. The smallest absolute Gasteiger partial charge is 0.337 e. The average molecular weight is 512 g/mol. The number of aromatic amines is 1. The fourth-order valence-electron chi connectivity index (χ4n) is 5.53. The summed E-state index contributed by atoms with van der Waals surface area (Å²) in [6, 6.07) is 18.1. The van der Waals surface area contributed by atoms with Crippen LogP contribution < -0.4 is 14.4 Å². The zero-order chi connectivity index (χ0) is 26.6. The van der Waals surface area contributed by atoms with Crippen molar-refractivity contribution in [3.8, 4) is 11.5 Å². The van der Waals surface area contributed by atoms with Crippen molar-refractivity contribution in [1.82, 2.24) is 9.88 Å². The summed E-state index contributed by atoms with van der Waals surface area (Å²) in [5.74, 6) is 0.0921. The average Bonchev–Trinajstić information content (AvgIpc) is 3.45. The number of hydrogen-bond donors (Lipinski definition) is 1. The fraction of sp³-hybridized carbons (Fsp3) is 0.207. The van der Waals surface area contributed by atoms with Gasteiger partial charge >= 0.3 is 12.0 Å². The van der Waals surface area contributed by atoms with E-state index in [4.69, 9.17) is 14.2 Å². The molecule has 1 N–H and O–H groups in total. The lowest BCUT2D eigenvalue weighted by atomic mass is 9.88. The van der Waals surface area contributed by atoms with Crippen LogP contribution in [0, 0.1) is 0 Å². The molecule has 0 aliphatic carbocycles. The van der Waals surface area contributed by atoms with Gasteiger partial charge in [-0.3, -0.25) is 9.69 Å². The van der Waals surface area contributed by atoms with E-state index < -0.39 is 24.1 Å². The Bertz CT molecular complexity index is 1590. The minimum atomic E-state index is -0.726. The van der Waals surface area contributed by atoms with Crippen molar-refractivity contribution in [3.05, 3.63) is 89.1 Å². The highest BCUT2D eigenvalue weighted by Crippen LogP contribution is 2.46. The van der Waals surface area contributed by atoms with Crippen molar-refractivity contribution >= 4 is 34.5 Å². The Morgan fingerprint density at radius 2 is 1.71 bits per heavy atom. The number of aromatic nitrogens is 1. The third kappa shape index (κ3) is 3.42. The molecule has 6 rings (SSSR count). The summed E-state index contributed by atoms with van der Waals surface area (Å²) in [6.45, 7) is 0. The van der Waals surface area contributed by atoms with E-state index in [1.54, 1.807) is 47.4 Å². The van der Waals surface area contributed by atoms with Crippen LogP contribution in [0.2, 0.25) is 0 Å². The number of nitrogens with zero attached hydrogens (tertiary/aromatic N) is 2. The van der Waals surface area contributed by atoms with Gasteiger partial charge in [0.05, 0.1) is 32.6 Å². The van der Waals surface area contributed by atoms with E-state index in [-0.39, 0.29) is 5.91 Å². The largest absolute Gasteiger partial charge is 0.497 e. The molecular weight excluding hydrogens is 486 g/mol. The van der Waals surface area contributed by atoms with Crippen LogP contribution >= 0.6 is 0 Å². The lowest BCUT2D eigenvalue weighted by Gasteiger charge is -2.36. The predicted molar refractivity (Wildman–Crippen MR) is 140 cm³/mol. The van der Waals surface area contributed by atoms with Crippen LogP contribution in [0.4, 0.5) is 10.5 Å². The van der Waals surface area contributed by atoms with Crippen LogP contribution in [-0.2, 0) is 16.0 Å². The molecule has 9 heteroatoms. The first-order valence-electron chi connectivity index (χ1n) is 12.1. The molecule has 1 saturated heterocycles. The van der Waals surface area contributed by atoms with Crippen LogP contribution in [-0.4, -0.2) is 55.2 Å². The number of esters is 1. The first-order chi connectivity index (χ1) is 18.5. The molecule has 2 aliphatic rings. The minimum absolute atomic E-state index is 0.324. The first kappa shape index (κ1) is 23.6. The van der Waals surface area contributed by atoms with Crippen molar-refractivity contribution in [2.24, 2.45) is 0 Å². The number of ether oxygens (including phenoxy) is 3. The summed E-state index contributed by atoms with van der Waals surface area (Å²) in [4.78, 5) is 46.4. The molecule has 38 heavy (non-hydrogen) atoms. The van der Waals surface area contributed by atoms with Gasteiger partial charge < -0.3 is 19.2 Å². The molecule has 0 bridgehead atoms. The Kier molecular flexibility index (Phi) is 5.56. The van der Waals surface area contributed by atoms with E-state index in [1.165, 1.54) is 26.2 Å². The molecule has 9 nitrogen and oxygen atoms in total. The molecule has 2 aliphatic heterocycles. The summed E-state index contributed by atoms with van der Waals surface area (Å²) in [5, 5.41) is 1.01. The number of imide groups is 1. The highest BCUT2D eigenvalue weighted by Gasteiger charge is 2.53. The highest BCUT2D eigenvalue weighted by molar-refractivity contribution is 6.22. The molecule has 0 spiro atoms. The normalized spacial score (nSPS) is 18.4. The molecule has 2 atom stereocenters. The molecule has 1 aromatic heterocycles. The maximum atomic E-state index is 14.1. The molecular formula is C29H25N3O6. The van der Waals surface area contributed by atoms with Gasteiger partial charge in [-0.25, -0.2) is 14.5 Å². The van der Waals surface area contributed by atoms with Crippen molar-refractivity contribution in [3.63, 3.8) is 0 Å². The van der Waals surface area contributed by atoms with E-state index in [9.17, 15) is 14.4 Å². The number of amides is 3. The lowest BCUT2D eigenvalue weighted by Crippen LogP contribution is -2.44. The number of carbonyl (C=O) groups is 3. The van der Waals surface area contributed by atoms with Gasteiger partial charge in [0.2, 0.25) is 0 Å². The number of carbonyl (C=O) groups excluding carboxylic acids is 3. The van der Waals surface area contributed by atoms with Gasteiger partial charge in [-0.05, 0) is 41.5 Å². The highest BCUT2D eigenvalue weighted by atomic mass is 16.5. The summed E-state index contributed by atoms with van der Waals surface area (Å²) < 4.78 is 15.7. The Labute approximate surface area is 218 Å². The topological polar surface area (TPSA) is 101 Å². The number of hydrogen-bond acceptors (Lipinski definition) is 6. The van der Waals surface area contributed by atoms with Gasteiger partial charge in [-0.15, -0.1) is 0 Å². The second kappa shape index (κ2) is 8.95. The minimum Gasteiger partial charge on any atom is -0.497 e. The first-order valence-corrected chi connectivity index (χ1v) is 12.1. The zero-order valence-electron chi connectivity index (χ0n) is 21.1. The van der Waals surface area contributed by atoms with Gasteiger partial charge in [0.1, 0.15) is 23.6 Å². The van der Waals surface area contributed by atoms with Crippen LogP contribution in [0.1, 0.15) is 33.2 Å². The van der Waals surface area contributed by atoms with Gasteiger partial charge in [-0.2, -0.15) is 0 Å². The van der Waals surface area contributed by atoms with Crippen molar-refractivity contribution in [2.45, 2.75) is 18.5 Å². The Balaban J connectivity index is 1.52. The Morgan fingerprint density at radius 3 is 2.42 bits per heavy atom. The summed E-state index contributed by atoms with van der Waals surface area (Å²) in [7, 11) is 4.34. The number of methoxy groups -OCH3 is 3. The fourth-order valence-corrected chi connectivity index (χ4v) is 5.53. The molecule has 4 aromatic rings. The Morgan fingerprint density at radius 1 is 0.947 bits per heavy atom. The monoisotopic (exact) mass is 511 g/mol. The van der Waals surface area contributed by atoms with Crippen LogP contribution in [0.25, 0.3) is 10.9 Å². The number of H-pyrrole nitrogens is 1. The molecule has 192 valence electrons. The van der Waals surface area contributed by atoms with Crippen LogP contribution in [0.5, 0.6) is 11.5 Å². The molecule has 1 fully saturated rings. The second-order valence-corrected chi connectivity index (χ2v) is 9.20. The quantitative estimate of drug-likeness (QED) is 0.314. The number of rotatable bonds is 5. The number of fused-ring (bicyclic) bond motifs is 4. The maximum absolute atomic E-state index is 14.1. The van der Waals surface area contributed by atoms with Crippen molar-refractivity contribution < 1.29 is 28.6 Å². The van der Waals surface area contributed by atoms with Crippen LogP contribution in [0.3, 0.4) is 0 Å². The van der Waals surface area contributed by atoms with E-state index in [0.29, 0.717) is 29.2 Å². The van der Waals surface area contributed by atoms with Gasteiger partial charge in [0, 0.05) is 29.1 Å². The number of nitrogens with one attached hydrogen (secondary N) is 1. The van der Waals surface area contributed by atoms with Crippen molar-refractivity contribution in [2.75, 3.05) is 26.2 Å². The zero-order valence-corrected chi connectivity index (χ0v) is 21.1. The number of urea groups is 1. The maximum Gasteiger partial charge on any atom is 0.337 e. The number of anilines is 1. The van der Waals surface area contributed by atoms with Gasteiger partial charge in [-0.1, -0.05) is 30.3 Å². The second-order valence-electron chi connectivity index (χ2n) is 9.20. The van der Waals surface area contributed by atoms with E-state index in [2.05, 4.69) is 4.98 Å². The molecule has 0 unspecified atom stereocenters. The standard InChI is InChI=1S/C29H25N3O6/c1-36-18-12-13-24(37-2)22(14-18)32-27(33)23-15-20-19-6-4-5-7-21(19)30-25(20)26(31(23)29(32)35)16-8-10-17(11-9-16)28(34)38-3/h4-14,23,26,30H,15H2,1-3H3/t23-,26-/m0/s1. The summed E-state index contributed by atoms with van der Waals surface area (Å²) >= 11 is 0. The third-order valence-corrected chi connectivity index (χ3v) is 7.32. The van der Waals surface area contributed by atoms with Crippen molar-refractivity contribution in [1.29, 1.82) is 0 Å². The molecule has 0 saturated carbocycles. The molecule has 3 amide bonds. The summed E-state index contributed by atoms with van der Waals surface area (Å²) in [6.07, 6.45) is 0.365. The number of para-hydroxylation sites is 1. The van der Waals surface area contributed by atoms with Crippen LogP contribution in [0.15, 0.2) is 66.7 Å². The van der Waals surface area contributed by atoms with E-state index >= 15 is 0 Å². The SMILES string of the molecule is COC(=O)c1ccc([C@H]2c3[nH]c4ccccc4c3C[C@H]3C(=O)N(c4cc(OC)ccc4OC)C(=O)N23)cc1. The van der Waals surface area contributed by atoms with E-state index in [1.807, 2.05) is 24.3 Å². The molecule has 3 heterocycles. The lowest BCUT2D eigenvalue weighted by molar-refractivity contribution is -0.120. The molecule has 0 radical (unpaired) electrons. The van der Waals surface area contributed by atoms with E-state index in [0.717, 1.165) is 27.7 Å². The third-order valence-electron chi connectivity index (χ3n) is 7.32. The number of benzene rings is 3. The Hall–Kier alpha value is -4.79. The molecule has 3 aromatic carbocycles.